The summed E-state index contributed by atoms with van der Waals surface area (Å²) in [4.78, 5) is 13.9. The molecular weight excluding hydrogens is 418 g/mol. The highest BCUT2D eigenvalue weighted by atomic mass is 32.2. The zero-order valence-electron chi connectivity index (χ0n) is 17.0. The van der Waals surface area contributed by atoms with Crippen LogP contribution >= 0.6 is 23.1 Å². The van der Waals surface area contributed by atoms with Crippen molar-refractivity contribution in [1.82, 2.24) is 14.8 Å². The van der Waals surface area contributed by atoms with Crippen molar-refractivity contribution in [2.75, 3.05) is 11.1 Å². The van der Waals surface area contributed by atoms with E-state index in [9.17, 15) is 10.1 Å². The first-order valence-corrected chi connectivity index (χ1v) is 11.8. The van der Waals surface area contributed by atoms with E-state index in [1.54, 1.807) is 17.6 Å². The van der Waals surface area contributed by atoms with Crippen LogP contribution in [0.5, 0.6) is 0 Å². The highest BCUT2D eigenvalue weighted by Crippen LogP contribution is 2.39. The zero-order valence-corrected chi connectivity index (χ0v) is 18.6. The Balaban J connectivity index is 1.46. The van der Waals surface area contributed by atoms with E-state index < -0.39 is 0 Å². The second kappa shape index (κ2) is 9.06. The molecule has 0 aliphatic heterocycles. The van der Waals surface area contributed by atoms with E-state index in [1.165, 1.54) is 16.6 Å². The van der Waals surface area contributed by atoms with E-state index in [2.05, 4.69) is 35.4 Å². The highest BCUT2D eigenvalue weighted by Gasteiger charge is 2.25. The van der Waals surface area contributed by atoms with Crippen LogP contribution in [0.1, 0.15) is 42.7 Å². The number of thioether (sulfide) groups is 1. The monoisotopic (exact) mass is 441 g/mol. The molecule has 0 spiro atoms. The minimum Gasteiger partial charge on any atom is -0.461 e. The minimum absolute atomic E-state index is 0.145. The number of carbonyl (C=O) groups excluding carboxylic acids is 1. The Kier molecular flexibility index (Phi) is 6.25. The second-order valence-corrected chi connectivity index (χ2v) is 9.49. The first-order valence-electron chi connectivity index (χ1n) is 10.0. The van der Waals surface area contributed by atoms with Crippen LogP contribution in [0.2, 0.25) is 0 Å². The molecule has 0 radical (unpaired) electrons. The van der Waals surface area contributed by atoms with Crippen molar-refractivity contribution in [2.24, 2.45) is 5.92 Å². The predicted octanol–water partition coefficient (Wildman–Crippen LogP) is 4.74. The number of anilines is 1. The van der Waals surface area contributed by atoms with Crippen LogP contribution in [0.15, 0.2) is 28.0 Å². The van der Waals surface area contributed by atoms with Gasteiger partial charge in [-0.25, -0.2) is 0 Å². The Morgan fingerprint density at radius 2 is 2.37 bits per heavy atom. The summed E-state index contributed by atoms with van der Waals surface area (Å²) in [6.07, 6.45) is 5.50. The van der Waals surface area contributed by atoms with Gasteiger partial charge in [-0.1, -0.05) is 25.6 Å². The molecule has 1 aliphatic rings. The smallest absolute Gasteiger partial charge is 0.235 e. The molecule has 0 fully saturated rings. The van der Waals surface area contributed by atoms with Crippen molar-refractivity contribution < 1.29 is 9.21 Å². The molecule has 0 bridgehead atoms. The molecule has 1 unspecified atom stereocenters. The lowest BCUT2D eigenvalue weighted by atomic mass is 9.89. The average molecular weight is 442 g/mol. The first kappa shape index (κ1) is 20.7. The van der Waals surface area contributed by atoms with E-state index in [0.29, 0.717) is 33.2 Å². The number of nitriles is 1. The molecular formula is C21H23N5O2S2. The maximum Gasteiger partial charge on any atom is 0.235 e. The molecule has 0 saturated heterocycles. The van der Waals surface area contributed by atoms with E-state index in [1.807, 2.05) is 16.7 Å². The van der Waals surface area contributed by atoms with Crippen molar-refractivity contribution in [3.8, 4) is 17.7 Å². The van der Waals surface area contributed by atoms with Crippen molar-refractivity contribution in [1.29, 1.82) is 5.26 Å². The van der Waals surface area contributed by atoms with E-state index in [4.69, 9.17) is 4.42 Å². The lowest BCUT2D eigenvalue weighted by molar-refractivity contribution is -0.113. The van der Waals surface area contributed by atoms with Gasteiger partial charge in [0.25, 0.3) is 0 Å². The van der Waals surface area contributed by atoms with Crippen LogP contribution in [-0.2, 0) is 24.2 Å². The average Bonchev–Trinajstić information content (AvgIpc) is 3.44. The molecule has 0 saturated carbocycles. The van der Waals surface area contributed by atoms with Gasteiger partial charge < -0.3 is 9.73 Å². The summed E-state index contributed by atoms with van der Waals surface area (Å²) in [6, 6.07) is 5.96. The van der Waals surface area contributed by atoms with Gasteiger partial charge in [-0.15, -0.1) is 21.5 Å². The summed E-state index contributed by atoms with van der Waals surface area (Å²) in [5, 5.41) is 22.4. The lowest BCUT2D eigenvalue weighted by Gasteiger charge is -2.17. The summed E-state index contributed by atoms with van der Waals surface area (Å²) >= 11 is 2.88. The van der Waals surface area contributed by atoms with Crippen molar-refractivity contribution in [3.63, 3.8) is 0 Å². The van der Waals surface area contributed by atoms with Gasteiger partial charge in [0.15, 0.2) is 16.7 Å². The molecule has 1 atom stereocenters. The highest BCUT2D eigenvalue weighted by molar-refractivity contribution is 7.99. The summed E-state index contributed by atoms with van der Waals surface area (Å²) in [6.45, 7) is 5.05. The fraction of sp³-hybridized carbons (Fsp3) is 0.429. The second-order valence-electron chi connectivity index (χ2n) is 7.44. The largest absolute Gasteiger partial charge is 0.461 e. The van der Waals surface area contributed by atoms with Crippen LogP contribution in [0, 0.1) is 17.2 Å². The van der Waals surface area contributed by atoms with Gasteiger partial charge in [0, 0.05) is 11.4 Å². The van der Waals surface area contributed by atoms with E-state index in [0.717, 1.165) is 37.8 Å². The Morgan fingerprint density at radius 3 is 3.10 bits per heavy atom. The Hall–Kier alpha value is -2.57. The van der Waals surface area contributed by atoms with Crippen LogP contribution < -0.4 is 5.32 Å². The molecule has 30 heavy (non-hydrogen) atoms. The van der Waals surface area contributed by atoms with Crippen molar-refractivity contribution >= 4 is 34.0 Å². The van der Waals surface area contributed by atoms with Crippen LogP contribution in [-0.4, -0.2) is 26.4 Å². The molecule has 156 valence electrons. The third-order valence-electron chi connectivity index (χ3n) is 5.11. The number of aromatic nitrogens is 3. The van der Waals surface area contributed by atoms with Gasteiger partial charge in [0.05, 0.1) is 17.6 Å². The third kappa shape index (κ3) is 4.16. The van der Waals surface area contributed by atoms with Crippen LogP contribution in [0.4, 0.5) is 5.00 Å². The third-order valence-corrected chi connectivity index (χ3v) is 7.25. The molecule has 0 aromatic carbocycles. The topological polar surface area (TPSA) is 96.7 Å². The molecule has 3 aromatic rings. The standard InChI is InChI=1S/C21H23N5O2S2/c1-3-8-26-19(16-5-4-9-28-16)24-25-21(26)29-12-18(27)23-20-15(11-22)14-7-6-13(2)10-17(14)30-20/h4-5,9,13H,3,6-8,10,12H2,1-2H3,(H,23,27). The fourth-order valence-electron chi connectivity index (χ4n) is 3.66. The molecule has 1 N–H and O–H groups in total. The molecule has 7 nitrogen and oxygen atoms in total. The van der Waals surface area contributed by atoms with Gasteiger partial charge in [-0.2, -0.15) is 5.26 Å². The predicted molar refractivity (Wildman–Crippen MR) is 118 cm³/mol. The molecule has 4 rings (SSSR count). The van der Waals surface area contributed by atoms with Gasteiger partial charge >= 0.3 is 0 Å². The SMILES string of the molecule is CCCn1c(SCC(=O)Nc2sc3c(c2C#N)CCC(C)C3)nnc1-c1ccco1. The molecule has 1 amide bonds. The number of nitrogens with one attached hydrogen (secondary N) is 1. The zero-order chi connectivity index (χ0) is 21.1. The minimum atomic E-state index is -0.145. The van der Waals surface area contributed by atoms with Crippen LogP contribution in [0.3, 0.4) is 0 Å². The van der Waals surface area contributed by atoms with Crippen LogP contribution in [0.25, 0.3) is 11.6 Å². The maximum absolute atomic E-state index is 12.6. The number of rotatable bonds is 7. The van der Waals surface area contributed by atoms with Gasteiger partial charge in [-0.05, 0) is 49.3 Å². The normalized spacial score (nSPS) is 15.6. The Bertz CT molecular complexity index is 1080. The Labute approximate surface area is 183 Å². The summed E-state index contributed by atoms with van der Waals surface area (Å²) < 4.78 is 7.43. The molecule has 1 aliphatic carbocycles. The van der Waals surface area contributed by atoms with Crippen molar-refractivity contribution in [2.45, 2.75) is 51.2 Å². The number of thiophene rings is 1. The number of hydrogen-bond acceptors (Lipinski definition) is 7. The summed E-state index contributed by atoms with van der Waals surface area (Å²) in [5.74, 6) is 1.99. The number of hydrogen-bond donors (Lipinski definition) is 1. The number of amides is 1. The number of carbonyl (C=O) groups is 1. The number of furan rings is 1. The number of nitrogens with zero attached hydrogens (tertiary/aromatic N) is 4. The first-order chi connectivity index (χ1) is 14.6. The fourth-order valence-corrected chi connectivity index (χ4v) is 5.80. The maximum atomic E-state index is 12.6. The quantitative estimate of drug-likeness (QED) is 0.532. The summed E-state index contributed by atoms with van der Waals surface area (Å²) in [7, 11) is 0. The molecule has 9 heteroatoms. The van der Waals surface area contributed by atoms with E-state index >= 15 is 0 Å². The molecule has 3 heterocycles. The van der Waals surface area contributed by atoms with E-state index in [-0.39, 0.29) is 11.7 Å². The van der Waals surface area contributed by atoms with Gasteiger partial charge in [-0.3, -0.25) is 9.36 Å². The molecule has 3 aromatic heterocycles. The number of fused-ring (bicyclic) bond motifs is 1. The lowest BCUT2D eigenvalue weighted by Crippen LogP contribution is -2.15. The van der Waals surface area contributed by atoms with Gasteiger partial charge in [0.2, 0.25) is 5.91 Å². The van der Waals surface area contributed by atoms with Crippen molar-refractivity contribution in [3.05, 3.63) is 34.4 Å². The Morgan fingerprint density at radius 1 is 1.50 bits per heavy atom. The van der Waals surface area contributed by atoms with Gasteiger partial charge in [0.1, 0.15) is 11.1 Å². The summed E-state index contributed by atoms with van der Waals surface area (Å²) in [5.41, 5.74) is 1.75.